The first kappa shape index (κ1) is 22.1. The van der Waals surface area contributed by atoms with Crippen LogP contribution in [-0.4, -0.2) is 43.4 Å². The first-order valence-corrected chi connectivity index (χ1v) is 11.2. The van der Waals surface area contributed by atoms with Crippen LogP contribution in [0.2, 0.25) is 0 Å². The van der Waals surface area contributed by atoms with Gasteiger partial charge in [-0.1, -0.05) is 21.1 Å². The van der Waals surface area contributed by atoms with Crippen molar-refractivity contribution < 1.29 is 18.8 Å². The lowest BCUT2D eigenvalue weighted by atomic mass is 9.96. The van der Waals surface area contributed by atoms with Crippen LogP contribution in [0.4, 0.5) is 11.7 Å². The number of nitrogens with zero attached hydrogens (tertiary/aromatic N) is 3. The zero-order valence-corrected chi connectivity index (χ0v) is 19.8. The molecule has 1 aromatic heterocycles. The van der Waals surface area contributed by atoms with Gasteiger partial charge in [-0.05, 0) is 61.7 Å². The minimum Gasteiger partial charge on any atom is -0.493 e. The fourth-order valence-corrected chi connectivity index (χ4v) is 4.25. The lowest BCUT2D eigenvalue weighted by Crippen LogP contribution is -2.38. The highest BCUT2D eigenvalue weighted by molar-refractivity contribution is 9.10. The monoisotopic (exact) mass is 500 g/mol. The minimum atomic E-state index is -0.0532. The van der Waals surface area contributed by atoms with Crippen molar-refractivity contribution in [1.82, 2.24) is 10.1 Å². The molecule has 1 fully saturated rings. The fraction of sp³-hybridized carbons (Fsp3) is 0.348. The normalized spacial score (nSPS) is 14.3. The summed E-state index contributed by atoms with van der Waals surface area (Å²) in [6, 6.07) is 11.8. The van der Waals surface area contributed by atoms with E-state index in [2.05, 4.69) is 31.4 Å². The van der Waals surface area contributed by atoms with Crippen molar-refractivity contribution in [2.45, 2.75) is 19.8 Å². The Hall–Kier alpha value is -3.07. The third-order valence-electron chi connectivity index (χ3n) is 5.64. The molecule has 0 unspecified atom stereocenters. The highest BCUT2D eigenvalue weighted by Crippen LogP contribution is 2.32. The second-order valence-corrected chi connectivity index (χ2v) is 8.60. The van der Waals surface area contributed by atoms with Crippen LogP contribution in [-0.2, 0) is 4.79 Å². The Bertz CT molecular complexity index is 1110. The molecule has 9 heteroatoms. The fourth-order valence-electron chi connectivity index (χ4n) is 3.77. The lowest BCUT2D eigenvalue weighted by molar-refractivity contribution is -0.120. The molecule has 1 aliphatic heterocycles. The third kappa shape index (κ3) is 4.72. The molecule has 1 saturated heterocycles. The van der Waals surface area contributed by atoms with Gasteiger partial charge in [0.25, 0.3) is 0 Å². The highest BCUT2D eigenvalue weighted by atomic mass is 79.9. The van der Waals surface area contributed by atoms with E-state index >= 15 is 0 Å². The van der Waals surface area contributed by atoms with Crippen LogP contribution in [0.3, 0.4) is 0 Å². The van der Waals surface area contributed by atoms with Gasteiger partial charge in [0, 0.05) is 34.7 Å². The summed E-state index contributed by atoms with van der Waals surface area (Å²) < 4.78 is 17.1. The zero-order chi connectivity index (χ0) is 22.7. The van der Waals surface area contributed by atoms with E-state index in [-0.39, 0.29) is 11.8 Å². The van der Waals surface area contributed by atoms with Crippen LogP contribution in [0.1, 0.15) is 18.4 Å². The smallest absolute Gasteiger partial charge is 0.324 e. The molecule has 2 heterocycles. The van der Waals surface area contributed by atoms with Crippen LogP contribution < -0.4 is 19.7 Å². The summed E-state index contributed by atoms with van der Waals surface area (Å²) in [7, 11) is 3.18. The van der Waals surface area contributed by atoms with Crippen molar-refractivity contribution in [2.75, 3.05) is 37.5 Å². The number of amides is 1. The molecule has 168 valence electrons. The Morgan fingerprint density at radius 1 is 1.12 bits per heavy atom. The lowest BCUT2D eigenvalue weighted by Gasteiger charge is -2.29. The van der Waals surface area contributed by atoms with E-state index in [1.54, 1.807) is 20.3 Å². The number of anilines is 2. The van der Waals surface area contributed by atoms with Gasteiger partial charge in [0.15, 0.2) is 11.5 Å². The van der Waals surface area contributed by atoms with Crippen molar-refractivity contribution in [3.63, 3.8) is 0 Å². The molecule has 0 spiro atoms. The number of piperidine rings is 1. The first-order chi connectivity index (χ1) is 15.5. The summed E-state index contributed by atoms with van der Waals surface area (Å²) in [6.07, 6.45) is 1.44. The quantitative estimate of drug-likeness (QED) is 0.525. The number of carbonyl (C=O) groups excluding carboxylic acids is 1. The summed E-state index contributed by atoms with van der Waals surface area (Å²) >= 11 is 3.45. The number of halogens is 1. The largest absolute Gasteiger partial charge is 0.493 e. The maximum atomic E-state index is 12.7. The van der Waals surface area contributed by atoms with E-state index in [1.807, 2.05) is 42.2 Å². The standard InChI is InChI=1S/C23H25BrN4O4/c1-14-12-17(24)5-6-18(14)25-22(29)15-8-10-28(11-9-15)23-26-21(27-32-23)16-4-7-19(30-2)20(13-16)31-3/h4-7,12-13,15H,8-11H2,1-3H3,(H,25,29). The summed E-state index contributed by atoms with van der Waals surface area (Å²) in [4.78, 5) is 19.3. The number of benzene rings is 2. The van der Waals surface area contributed by atoms with Crippen LogP contribution in [0.5, 0.6) is 11.5 Å². The van der Waals surface area contributed by atoms with Gasteiger partial charge in [-0.3, -0.25) is 4.79 Å². The number of nitrogens with one attached hydrogen (secondary N) is 1. The van der Waals surface area contributed by atoms with Gasteiger partial charge in [0.05, 0.1) is 14.2 Å². The number of hydrogen-bond acceptors (Lipinski definition) is 7. The van der Waals surface area contributed by atoms with Crippen molar-refractivity contribution >= 4 is 33.5 Å². The van der Waals surface area contributed by atoms with Gasteiger partial charge in [0.2, 0.25) is 11.7 Å². The maximum Gasteiger partial charge on any atom is 0.324 e. The SMILES string of the molecule is COc1ccc(-c2noc(N3CCC(C(=O)Nc4ccc(Br)cc4C)CC3)n2)cc1OC. The second kappa shape index (κ2) is 9.60. The van der Waals surface area contributed by atoms with Gasteiger partial charge in [-0.25, -0.2) is 0 Å². The third-order valence-corrected chi connectivity index (χ3v) is 6.13. The number of ether oxygens (including phenoxy) is 2. The average molecular weight is 501 g/mol. The molecule has 4 rings (SSSR count). The number of hydrogen-bond donors (Lipinski definition) is 1. The first-order valence-electron chi connectivity index (χ1n) is 10.4. The van der Waals surface area contributed by atoms with Crippen molar-refractivity contribution in [1.29, 1.82) is 0 Å². The number of aromatic nitrogens is 2. The van der Waals surface area contributed by atoms with Crippen LogP contribution in [0.25, 0.3) is 11.4 Å². The number of methoxy groups -OCH3 is 2. The summed E-state index contributed by atoms with van der Waals surface area (Å²) in [6.45, 7) is 3.32. The Balaban J connectivity index is 1.38. The summed E-state index contributed by atoms with van der Waals surface area (Å²) in [5, 5.41) is 7.17. The molecule has 1 amide bonds. The number of aryl methyl sites for hydroxylation is 1. The van der Waals surface area contributed by atoms with E-state index in [9.17, 15) is 4.79 Å². The van der Waals surface area contributed by atoms with E-state index in [0.717, 1.165) is 34.1 Å². The average Bonchev–Trinajstić information content (AvgIpc) is 3.31. The Morgan fingerprint density at radius 2 is 1.88 bits per heavy atom. The topological polar surface area (TPSA) is 89.7 Å². The predicted octanol–water partition coefficient (Wildman–Crippen LogP) is 4.68. The Labute approximate surface area is 195 Å². The molecule has 1 N–H and O–H groups in total. The molecular formula is C23H25BrN4O4. The van der Waals surface area contributed by atoms with Gasteiger partial charge in [0.1, 0.15) is 0 Å². The molecule has 0 saturated carbocycles. The molecule has 0 atom stereocenters. The molecular weight excluding hydrogens is 476 g/mol. The summed E-state index contributed by atoms with van der Waals surface area (Å²) in [5.41, 5.74) is 2.65. The molecule has 32 heavy (non-hydrogen) atoms. The molecule has 2 aromatic carbocycles. The molecule has 1 aliphatic rings. The molecule has 0 bridgehead atoms. The van der Waals surface area contributed by atoms with Crippen molar-refractivity contribution in [3.8, 4) is 22.9 Å². The number of rotatable bonds is 6. The number of carbonyl (C=O) groups is 1. The van der Waals surface area contributed by atoms with E-state index < -0.39 is 0 Å². The van der Waals surface area contributed by atoms with Gasteiger partial charge in [-0.15, -0.1) is 0 Å². The highest BCUT2D eigenvalue weighted by Gasteiger charge is 2.28. The van der Waals surface area contributed by atoms with Crippen molar-refractivity contribution in [2.24, 2.45) is 5.92 Å². The van der Waals surface area contributed by atoms with E-state index in [1.165, 1.54) is 0 Å². The van der Waals surface area contributed by atoms with Gasteiger partial charge < -0.3 is 24.2 Å². The maximum absolute atomic E-state index is 12.7. The Kier molecular flexibility index (Phi) is 6.64. The van der Waals surface area contributed by atoms with Crippen LogP contribution in [0.15, 0.2) is 45.4 Å². The molecule has 3 aromatic rings. The predicted molar refractivity (Wildman–Crippen MR) is 125 cm³/mol. The summed E-state index contributed by atoms with van der Waals surface area (Å²) in [5.74, 6) is 1.71. The van der Waals surface area contributed by atoms with Gasteiger partial charge >= 0.3 is 6.01 Å². The van der Waals surface area contributed by atoms with Crippen LogP contribution in [0, 0.1) is 12.8 Å². The molecule has 8 nitrogen and oxygen atoms in total. The van der Waals surface area contributed by atoms with E-state index in [4.69, 9.17) is 14.0 Å². The van der Waals surface area contributed by atoms with E-state index in [0.29, 0.717) is 36.4 Å². The van der Waals surface area contributed by atoms with Crippen LogP contribution >= 0.6 is 15.9 Å². The second-order valence-electron chi connectivity index (χ2n) is 7.68. The molecule has 0 radical (unpaired) electrons. The van der Waals surface area contributed by atoms with Gasteiger partial charge in [-0.2, -0.15) is 4.98 Å². The zero-order valence-electron chi connectivity index (χ0n) is 18.2. The minimum absolute atomic E-state index is 0.0478. The molecule has 0 aliphatic carbocycles. The Morgan fingerprint density at radius 3 is 2.56 bits per heavy atom. The van der Waals surface area contributed by atoms with Crippen molar-refractivity contribution in [3.05, 3.63) is 46.4 Å².